The molecule has 0 saturated carbocycles. The first-order valence-corrected chi connectivity index (χ1v) is 8.34. The maximum atomic E-state index is 11.6. The number of hydrogen-bond donors (Lipinski definition) is 1. The fourth-order valence-electron chi connectivity index (χ4n) is 2.19. The van der Waals surface area contributed by atoms with E-state index in [2.05, 4.69) is 20.2 Å². The second kappa shape index (κ2) is 5.49. The largest absolute Gasteiger partial charge is 0.364 e. The number of amides is 1. The van der Waals surface area contributed by atoms with Crippen LogP contribution in [0.25, 0.3) is 31.4 Å². The van der Waals surface area contributed by atoms with Crippen LogP contribution in [0, 0.1) is 0 Å². The van der Waals surface area contributed by atoms with Crippen LogP contribution in [-0.4, -0.2) is 26.1 Å². The molecule has 2 N–H and O–H groups in total. The molecule has 4 rings (SSSR count). The summed E-state index contributed by atoms with van der Waals surface area (Å²) in [4.78, 5) is 20.1. The maximum Gasteiger partial charge on any atom is 0.268 e. The van der Waals surface area contributed by atoms with E-state index >= 15 is 0 Å². The monoisotopic (exact) mass is 339 g/mol. The molecule has 0 saturated heterocycles. The van der Waals surface area contributed by atoms with Gasteiger partial charge in [0.1, 0.15) is 16.4 Å². The van der Waals surface area contributed by atoms with Crippen LogP contribution in [0.5, 0.6) is 0 Å². The number of carbonyl (C=O) groups is 1. The molecule has 0 bridgehead atoms. The minimum absolute atomic E-state index is 0.269. The summed E-state index contributed by atoms with van der Waals surface area (Å²) in [6, 6.07) is 7.59. The zero-order valence-corrected chi connectivity index (χ0v) is 13.3. The van der Waals surface area contributed by atoms with E-state index in [-0.39, 0.29) is 5.69 Å². The summed E-state index contributed by atoms with van der Waals surface area (Å²) in [6.45, 7) is 0. The lowest BCUT2D eigenvalue weighted by atomic mass is 10.2. The van der Waals surface area contributed by atoms with Gasteiger partial charge in [0.05, 0.1) is 4.70 Å². The standard InChI is InChI=1S/C15H9N5OS2/c16-13(21)11-12-8(3-5-22-12)6-10(18-11)15-20-19-14(23-15)9-2-1-4-17-7-9/h1-7H,(H2,16,21). The maximum absolute atomic E-state index is 11.6. The Morgan fingerprint density at radius 3 is 2.83 bits per heavy atom. The van der Waals surface area contributed by atoms with Gasteiger partial charge in [-0.05, 0) is 35.0 Å². The fourth-order valence-corrected chi connectivity index (χ4v) is 3.85. The molecular weight excluding hydrogens is 330 g/mol. The van der Waals surface area contributed by atoms with Crippen molar-refractivity contribution < 1.29 is 4.79 Å². The van der Waals surface area contributed by atoms with E-state index in [9.17, 15) is 4.79 Å². The molecule has 23 heavy (non-hydrogen) atoms. The molecule has 0 fully saturated rings. The van der Waals surface area contributed by atoms with Gasteiger partial charge in [0.15, 0.2) is 5.01 Å². The van der Waals surface area contributed by atoms with Gasteiger partial charge < -0.3 is 5.73 Å². The zero-order chi connectivity index (χ0) is 15.8. The Labute approximate surface area is 138 Å². The van der Waals surface area contributed by atoms with E-state index in [0.717, 1.165) is 20.7 Å². The topological polar surface area (TPSA) is 94.7 Å². The number of pyridine rings is 2. The van der Waals surface area contributed by atoms with E-state index in [0.29, 0.717) is 10.7 Å². The molecule has 0 spiro atoms. The van der Waals surface area contributed by atoms with Crippen molar-refractivity contribution in [2.75, 3.05) is 0 Å². The van der Waals surface area contributed by atoms with Gasteiger partial charge >= 0.3 is 0 Å². The van der Waals surface area contributed by atoms with Crippen LogP contribution in [-0.2, 0) is 0 Å². The van der Waals surface area contributed by atoms with E-state index < -0.39 is 5.91 Å². The molecule has 0 unspecified atom stereocenters. The highest BCUT2D eigenvalue weighted by Crippen LogP contribution is 2.32. The number of fused-ring (bicyclic) bond motifs is 1. The predicted octanol–water partition coefficient (Wildman–Crippen LogP) is 2.98. The quantitative estimate of drug-likeness (QED) is 0.619. The van der Waals surface area contributed by atoms with Gasteiger partial charge in [0.2, 0.25) is 0 Å². The van der Waals surface area contributed by atoms with Crippen molar-refractivity contribution in [2.45, 2.75) is 0 Å². The number of thiophene rings is 1. The van der Waals surface area contributed by atoms with Crippen molar-refractivity contribution >= 4 is 38.7 Å². The van der Waals surface area contributed by atoms with Gasteiger partial charge in [-0.1, -0.05) is 11.3 Å². The van der Waals surface area contributed by atoms with Crippen molar-refractivity contribution in [3.05, 3.63) is 47.7 Å². The van der Waals surface area contributed by atoms with Crippen molar-refractivity contribution in [3.63, 3.8) is 0 Å². The molecule has 0 aliphatic rings. The van der Waals surface area contributed by atoms with Crippen LogP contribution in [0.4, 0.5) is 0 Å². The van der Waals surface area contributed by atoms with E-state index in [1.165, 1.54) is 22.7 Å². The summed E-state index contributed by atoms with van der Waals surface area (Å²) in [5.74, 6) is -0.545. The molecule has 1 amide bonds. The van der Waals surface area contributed by atoms with Gasteiger partial charge in [-0.2, -0.15) is 0 Å². The minimum atomic E-state index is -0.545. The first-order chi connectivity index (χ1) is 11.2. The normalized spacial score (nSPS) is 11.0. The number of nitrogens with two attached hydrogens (primary N) is 1. The van der Waals surface area contributed by atoms with Crippen molar-refractivity contribution in [3.8, 4) is 21.3 Å². The van der Waals surface area contributed by atoms with Gasteiger partial charge in [-0.25, -0.2) is 4.98 Å². The Hall–Kier alpha value is -2.71. The molecule has 4 aromatic heterocycles. The summed E-state index contributed by atoms with van der Waals surface area (Å²) in [5, 5.41) is 12.6. The van der Waals surface area contributed by atoms with Gasteiger partial charge in [0.25, 0.3) is 5.91 Å². The van der Waals surface area contributed by atoms with Gasteiger partial charge in [-0.15, -0.1) is 21.5 Å². The number of hydrogen-bond acceptors (Lipinski definition) is 7. The number of aromatic nitrogens is 4. The van der Waals surface area contributed by atoms with E-state index in [4.69, 9.17) is 5.73 Å². The van der Waals surface area contributed by atoms with E-state index in [1.807, 2.05) is 29.6 Å². The van der Waals surface area contributed by atoms with Crippen molar-refractivity contribution in [1.82, 2.24) is 20.2 Å². The van der Waals surface area contributed by atoms with Crippen LogP contribution in [0.1, 0.15) is 10.5 Å². The Morgan fingerprint density at radius 2 is 2.04 bits per heavy atom. The lowest BCUT2D eigenvalue weighted by Crippen LogP contribution is -2.13. The van der Waals surface area contributed by atoms with Gasteiger partial charge in [0, 0.05) is 18.0 Å². The molecule has 0 aromatic carbocycles. The van der Waals surface area contributed by atoms with Gasteiger partial charge in [-0.3, -0.25) is 9.78 Å². The molecule has 8 heteroatoms. The molecule has 6 nitrogen and oxygen atoms in total. The van der Waals surface area contributed by atoms with E-state index in [1.54, 1.807) is 12.4 Å². The number of primary amides is 1. The number of carbonyl (C=O) groups excluding carboxylic acids is 1. The highest BCUT2D eigenvalue weighted by Gasteiger charge is 2.16. The zero-order valence-electron chi connectivity index (χ0n) is 11.6. The third kappa shape index (κ3) is 2.47. The third-order valence-electron chi connectivity index (χ3n) is 3.22. The predicted molar refractivity (Wildman–Crippen MR) is 90.3 cm³/mol. The van der Waals surface area contributed by atoms with Crippen LogP contribution in [0.2, 0.25) is 0 Å². The summed E-state index contributed by atoms with van der Waals surface area (Å²) >= 11 is 2.84. The average molecular weight is 339 g/mol. The summed E-state index contributed by atoms with van der Waals surface area (Å²) < 4.78 is 0.790. The first-order valence-electron chi connectivity index (χ1n) is 6.65. The van der Waals surface area contributed by atoms with Crippen LogP contribution >= 0.6 is 22.7 Å². The second-order valence-electron chi connectivity index (χ2n) is 4.71. The smallest absolute Gasteiger partial charge is 0.268 e. The summed E-state index contributed by atoms with van der Waals surface area (Å²) in [6.07, 6.45) is 3.44. The average Bonchev–Trinajstić information content (AvgIpc) is 3.23. The Kier molecular flexibility index (Phi) is 3.32. The van der Waals surface area contributed by atoms with Crippen LogP contribution < -0.4 is 5.73 Å². The van der Waals surface area contributed by atoms with Crippen LogP contribution in [0.15, 0.2) is 42.0 Å². The highest BCUT2D eigenvalue weighted by atomic mass is 32.1. The summed E-state index contributed by atoms with van der Waals surface area (Å²) in [7, 11) is 0. The summed E-state index contributed by atoms with van der Waals surface area (Å²) in [5.41, 5.74) is 7.20. The number of rotatable bonds is 3. The lowest BCUT2D eigenvalue weighted by Gasteiger charge is -2.01. The second-order valence-corrected chi connectivity index (χ2v) is 6.61. The minimum Gasteiger partial charge on any atom is -0.364 e. The molecular formula is C15H9N5OS2. The van der Waals surface area contributed by atoms with Crippen molar-refractivity contribution in [2.24, 2.45) is 5.73 Å². The molecule has 0 aliphatic carbocycles. The Balaban J connectivity index is 1.84. The molecule has 0 radical (unpaired) electrons. The Bertz CT molecular complexity index is 1010. The molecule has 4 aromatic rings. The first kappa shape index (κ1) is 13.9. The third-order valence-corrected chi connectivity index (χ3v) is 5.15. The fraction of sp³-hybridized carbons (Fsp3) is 0. The van der Waals surface area contributed by atoms with Crippen LogP contribution in [0.3, 0.4) is 0 Å². The molecule has 112 valence electrons. The molecule has 0 atom stereocenters. The number of nitrogens with zero attached hydrogens (tertiary/aromatic N) is 4. The van der Waals surface area contributed by atoms with Crippen molar-refractivity contribution in [1.29, 1.82) is 0 Å². The molecule has 0 aliphatic heterocycles. The Morgan fingerprint density at radius 1 is 1.17 bits per heavy atom. The molecule has 4 heterocycles. The SMILES string of the molecule is NC(=O)c1nc(-c2nnc(-c3cccnc3)s2)cc2ccsc12. The highest BCUT2D eigenvalue weighted by molar-refractivity contribution is 7.18. The lowest BCUT2D eigenvalue weighted by molar-refractivity contribution is 0.0997.